The van der Waals surface area contributed by atoms with Crippen LogP contribution in [0.1, 0.15) is 58.3 Å². The molecule has 35 heteroatoms. The summed E-state index contributed by atoms with van der Waals surface area (Å²) in [5, 5.41) is 0. The Balaban J connectivity index is 6.93. The second-order valence-electron chi connectivity index (χ2n) is 18.5. The van der Waals surface area contributed by atoms with Crippen LogP contribution in [-0.2, 0) is 31.4 Å². The topological polar surface area (TPSA) is 72.5 Å². The van der Waals surface area contributed by atoms with Crippen LogP contribution in [0.5, 0.6) is 0 Å². The molecule has 0 aromatic carbocycles. The number of Topliss-reactive ketones (excluding diaryl/α,β-unsaturated/α-hetero) is 1. The molecule has 0 rings (SSSR count). The highest BCUT2D eigenvalue weighted by Crippen LogP contribution is 2.46. The van der Waals surface area contributed by atoms with E-state index in [4.69, 9.17) is 12.3 Å². The van der Waals surface area contributed by atoms with Crippen molar-refractivity contribution in [2.75, 3.05) is 19.8 Å². The third-order valence-electron chi connectivity index (χ3n) is 9.85. The number of allylic oxidation sites excluding steroid dienone is 1. The van der Waals surface area contributed by atoms with Gasteiger partial charge in [-0.2, -0.15) is 92.2 Å². The zero-order valence-electron chi connectivity index (χ0n) is 39.5. The van der Waals surface area contributed by atoms with E-state index in [1.807, 2.05) is 0 Å². The molecule has 0 aromatic heterocycles. The van der Waals surface area contributed by atoms with Gasteiger partial charge in [-0.15, -0.1) is 0 Å². The Kier molecular flexibility index (Phi) is 25.1. The van der Waals surface area contributed by atoms with Gasteiger partial charge in [-0.3, -0.25) is 4.79 Å². The maximum atomic E-state index is 14.3. The van der Waals surface area contributed by atoms with Crippen molar-refractivity contribution in [3.8, 4) is 0 Å². The first kappa shape index (κ1) is 70.4. The van der Waals surface area contributed by atoms with Crippen LogP contribution in [0.4, 0.5) is 105 Å². The lowest BCUT2D eigenvalue weighted by Crippen LogP contribution is -2.62. The normalized spacial score (nSPS) is 16.9. The van der Waals surface area contributed by atoms with Gasteiger partial charge in [0.15, 0.2) is 49.3 Å². The predicted octanol–water partition coefficient (Wildman–Crippen LogP) is 15.3. The summed E-state index contributed by atoms with van der Waals surface area (Å²) in [7, 11) is -15.7. The number of halogens is 24. The molecule has 0 saturated heterocycles. The molecule has 72 heavy (non-hydrogen) atoms. The highest BCUT2D eigenvalue weighted by molar-refractivity contribution is 6.90. The largest absolute Gasteiger partial charge is 0.469 e. The van der Waals surface area contributed by atoms with Crippen molar-refractivity contribution in [3.63, 3.8) is 0 Å². The smallest absolute Gasteiger partial charge is 0.417 e. The minimum absolute atomic E-state index is 0.0173. The third-order valence-corrected chi connectivity index (χ3v) is 25.9. The van der Waals surface area contributed by atoms with Crippen LogP contribution < -0.4 is 0 Å². The van der Waals surface area contributed by atoms with E-state index in [2.05, 4.69) is 20.8 Å². The standard InChI is InChI=1S/C37H56F24O7Si4/c1-24(2)25(62)13-9-20-72(66-69(3,4)17-10-14-63-35(56,57)32(50,51)26(38)21-29(41,42)43,67-70(5,6)18-11-15-64-36(58,59)33(52,53)27(39)22-30(44,45)46)68-71(7,8)19-12-16-65-37(60,61)34(54,55)28(40)23-31(47,48)49/h26-28H,1,9-23H2,2-8H3. The Hall–Kier alpha value is -1.64. The van der Waals surface area contributed by atoms with Gasteiger partial charge >= 0.3 is 63.4 Å². The van der Waals surface area contributed by atoms with E-state index in [-0.39, 0.29) is 18.4 Å². The molecular weight excluding hydrogens is 1120 g/mol. The fourth-order valence-corrected chi connectivity index (χ4v) is 24.0. The molecule has 0 bridgehead atoms. The summed E-state index contributed by atoms with van der Waals surface area (Å²) in [4.78, 5) is 12.6. The average molecular weight is 1180 g/mol. The van der Waals surface area contributed by atoms with Gasteiger partial charge in [0.05, 0.1) is 39.1 Å². The van der Waals surface area contributed by atoms with Gasteiger partial charge in [0.25, 0.3) is 0 Å². The zero-order valence-corrected chi connectivity index (χ0v) is 43.5. The molecule has 0 radical (unpaired) electrons. The van der Waals surface area contributed by atoms with Gasteiger partial charge in [-0.25, -0.2) is 13.2 Å². The Labute approximate surface area is 402 Å². The summed E-state index contributed by atoms with van der Waals surface area (Å²) in [5.41, 5.74) is 0.0173. The monoisotopic (exact) mass is 1180 g/mol. The first-order chi connectivity index (χ1) is 31.7. The number of ether oxygens (including phenoxy) is 3. The molecule has 0 fully saturated rings. The van der Waals surface area contributed by atoms with Crippen LogP contribution >= 0.6 is 0 Å². The highest BCUT2D eigenvalue weighted by Gasteiger charge is 2.67. The van der Waals surface area contributed by atoms with Crippen molar-refractivity contribution in [1.29, 1.82) is 0 Å². The highest BCUT2D eigenvalue weighted by atomic mass is 28.5. The first-order valence-electron chi connectivity index (χ1n) is 21.3. The van der Waals surface area contributed by atoms with Crippen molar-refractivity contribution in [1.82, 2.24) is 0 Å². The number of ketones is 1. The molecule has 0 amide bonds. The summed E-state index contributed by atoms with van der Waals surface area (Å²) >= 11 is 0. The number of rotatable bonds is 35. The number of hydrogen-bond acceptors (Lipinski definition) is 7. The summed E-state index contributed by atoms with van der Waals surface area (Å²) in [5.74, 6) is -18.6. The maximum absolute atomic E-state index is 14.3. The van der Waals surface area contributed by atoms with Crippen molar-refractivity contribution in [3.05, 3.63) is 12.2 Å². The van der Waals surface area contributed by atoms with Crippen LogP contribution in [0.25, 0.3) is 0 Å². The van der Waals surface area contributed by atoms with Gasteiger partial charge in [0.2, 0.25) is 0 Å². The molecular formula is C37H56F24O7Si4. The Morgan fingerprint density at radius 2 is 0.667 bits per heavy atom. The van der Waals surface area contributed by atoms with E-state index in [1.54, 1.807) is 0 Å². The van der Waals surface area contributed by atoms with Gasteiger partial charge in [0, 0.05) is 12.5 Å². The molecule has 0 aliphatic rings. The minimum Gasteiger partial charge on any atom is -0.417 e. The molecule has 0 aliphatic heterocycles. The SMILES string of the molecule is C=C(C)C(=O)CCC[Si](O[Si](C)(C)CCCOC(F)(F)C(F)(F)C(F)CC(F)(F)F)(O[Si](C)(C)CCCOC(F)(F)C(F)(F)C(F)CC(F)(F)F)O[Si](C)(C)CCCOC(F)(F)C(F)(F)C(F)CC(F)(F)F. The second-order valence-corrected chi connectivity index (χ2v) is 34.8. The predicted molar refractivity (Wildman–Crippen MR) is 218 cm³/mol. The van der Waals surface area contributed by atoms with Crippen molar-refractivity contribution in [2.45, 2.75) is 195 Å². The van der Waals surface area contributed by atoms with Crippen molar-refractivity contribution in [2.24, 2.45) is 0 Å². The minimum atomic E-state index is -6.00. The summed E-state index contributed by atoms with van der Waals surface area (Å²) in [6.07, 6.45) is -59.3. The van der Waals surface area contributed by atoms with Crippen LogP contribution in [0.2, 0.25) is 63.5 Å². The molecule has 0 heterocycles. The summed E-state index contributed by atoms with van der Waals surface area (Å²) in [6, 6.07) is -1.75. The molecule has 0 aliphatic carbocycles. The number of carbonyl (C=O) groups excluding carboxylic acids is 1. The van der Waals surface area contributed by atoms with Crippen molar-refractivity contribution >= 4 is 39.5 Å². The zero-order chi connectivity index (χ0) is 57.2. The summed E-state index contributed by atoms with van der Waals surface area (Å²) in [6.45, 7) is 8.52. The average Bonchev–Trinajstić information content (AvgIpc) is 3.13. The maximum Gasteiger partial charge on any atom is 0.469 e. The van der Waals surface area contributed by atoms with E-state index in [9.17, 15) is 110 Å². The third kappa shape index (κ3) is 23.7. The molecule has 0 N–H and O–H groups in total. The molecule has 7 nitrogen and oxygen atoms in total. The second kappa shape index (κ2) is 25.7. The Morgan fingerprint density at radius 1 is 0.431 bits per heavy atom. The fraction of sp³-hybridized carbons (Fsp3) is 0.919. The summed E-state index contributed by atoms with van der Waals surface area (Å²) < 4.78 is 355. The van der Waals surface area contributed by atoms with Gasteiger partial charge in [-0.05, 0) is 95.6 Å². The van der Waals surface area contributed by atoms with E-state index in [0.29, 0.717) is 0 Å². The number of hydrogen-bond donors (Lipinski definition) is 0. The number of carbonyl (C=O) groups is 1. The fourth-order valence-electron chi connectivity index (χ4n) is 6.23. The molecule has 0 saturated carbocycles. The van der Waals surface area contributed by atoms with E-state index >= 15 is 0 Å². The van der Waals surface area contributed by atoms with Crippen LogP contribution in [0, 0.1) is 0 Å². The van der Waals surface area contributed by atoms with Gasteiger partial charge in [-0.1, -0.05) is 6.58 Å². The van der Waals surface area contributed by atoms with Crippen LogP contribution in [-0.4, -0.2) is 132 Å². The lowest BCUT2D eigenvalue weighted by molar-refractivity contribution is -0.366. The number of alkyl halides is 24. The molecule has 0 spiro atoms. The Morgan fingerprint density at radius 3 is 0.875 bits per heavy atom. The molecule has 430 valence electrons. The van der Waals surface area contributed by atoms with E-state index < -0.39 is 195 Å². The van der Waals surface area contributed by atoms with Gasteiger partial charge < -0.3 is 26.6 Å². The molecule has 3 atom stereocenters. The first-order valence-corrected chi connectivity index (χ1v) is 32.6. The van der Waals surface area contributed by atoms with E-state index in [1.165, 1.54) is 46.2 Å². The van der Waals surface area contributed by atoms with Crippen LogP contribution in [0.3, 0.4) is 0 Å². The Bertz CT molecular complexity index is 1530. The van der Waals surface area contributed by atoms with Gasteiger partial charge in [0.1, 0.15) is 0 Å². The lowest BCUT2D eigenvalue weighted by atomic mass is 10.1. The lowest BCUT2D eigenvalue weighted by Gasteiger charge is -2.45. The van der Waals surface area contributed by atoms with Crippen molar-refractivity contribution < 1.29 is 137 Å². The quantitative estimate of drug-likeness (QED) is 0.0271. The molecule has 0 aromatic rings. The van der Waals surface area contributed by atoms with Crippen LogP contribution in [0.15, 0.2) is 12.2 Å². The van der Waals surface area contributed by atoms with E-state index in [0.717, 1.165) is 0 Å². The molecule has 3 unspecified atom stereocenters.